The van der Waals surface area contributed by atoms with E-state index in [0.717, 1.165) is 31.0 Å². The third-order valence-corrected chi connectivity index (χ3v) is 6.42. The summed E-state index contributed by atoms with van der Waals surface area (Å²) in [6.07, 6.45) is 4.79. The van der Waals surface area contributed by atoms with Gasteiger partial charge in [-0.25, -0.2) is 0 Å². The van der Waals surface area contributed by atoms with Gasteiger partial charge in [0.1, 0.15) is 0 Å². The number of carbonyl (C=O) groups is 1. The maximum Gasteiger partial charge on any atom is 0.233 e. The Morgan fingerprint density at radius 1 is 1.23 bits per heavy atom. The number of benzene rings is 1. The molecule has 7 heteroatoms. The smallest absolute Gasteiger partial charge is 0.233 e. The van der Waals surface area contributed by atoms with Crippen LogP contribution in [0, 0.1) is 5.92 Å². The number of aryl methyl sites for hydroxylation is 1. The van der Waals surface area contributed by atoms with E-state index in [0.29, 0.717) is 17.5 Å². The van der Waals surface area contributed by atoms with Gasteiger partial charge in [0, 0.05) is 6.54 Å². The lowest BCUT2D eigenvalue weighted by Crippen LogP contribution is -2.36. The van der Waals surface area contributed by atoms with Gasteiger partial charge < -0.3 is 9.73 Å². The average molecular weight is 425 g/mol. The molecule has 0 fully saturated rings. The Labute approximate surface area is 181 Å². The number of amides is 1. The second-order valence-corrected chi connectivity index (χ2v) is 9.51. The van der Waals surface area contributed by atoms with E-state index in [1.165, 1.54) is 22.9 Å². The van der Waals surface area contributed by atoms with Crippen LogP contribution in [0.3, 0.4) is 0 Å². The zero-order chi connectivity index (χ0) is 21.1. The molecule has 0 spiro atoms. The van der Waals surface area contributed by atoms with Crippen molar-refractivity contribution in [3.8, 4) is 11.6 Å². The van der Waals surface area contributed by atoms with Crippen LogP contribution in [0.15, 0.2) is 52.2 Å². The zero-order valence-corrected chi connectivity index (χ0v) is 18.5. The molecule has 0 saturated heterocycles. The molecule has 1 amide bonds. The number of furan rings is 1. The van der Waals surface area contributed by atoms with Gasteiger partial charge in [-0.1, -0.05) is 49.9 Å². The first kappa shape index (κ1) is 20.7. The summed E-state index contributed by atoms with van der Waals surface area (Å²) in [6.45, 7) is 6.99. The number of hydrogen-bond donors (Lipinski definition) is 1. The van der Waals surface area contributed by atoms with Gasteiger partial charge in [0.05, 0.1) is 17.6 Å². The van der Waals surface area contributed by atoms with Crippen LogP contribution in [0.4, 0.5) is 0 Å². The molecule has 2 aromatic heterocycles. The van der Waals surface area contributed by atoms with Crippen molar-refractivity contribution in [1.82, 2.24) is 20.1 Å². The molecule has 4 rings (SSSR count). The topological polar surface area (TPSA) is 73.0 Å². The molecule has 6 nitrogen and oxygen atoms in total. The predicted octanol–water partition coefficient (Wildman–Crippen LogP) is 4.87. The second kappa shape index (κ2) is 9.08. The van der Waals surface area contributed by atoms with Gasteiger partial charge in [0.2, 0.25) is 5.91 Å². The van der Waals surface area contributed by atoms with Crippen LogP contribution in [0.2, 0.25) is 0 Å². The van der Waals surface area contributed by atoms with Gasteiger partial charge in [-0.15, -0.1) is 10.2 Å². The molecule has 2 atom stereocenters. The number of fused-ring (bicyclic) bond motifs is 1. The number of carbonyl (C=O) groups excluding carboxylic acids is 1. The standard InChI is InChI=1S/C23H28N4O2S/c1-15(2)14-27-21(20-12-7-13-29-20)25-26-23(27)30-16(3)22(28)24-19-11-6-9-17-8-4-5-10-18(17)19/h4-5,7-8,10,12-13,15-16,19H,6,9,11,14H2,1-3H3,(H,24,28). The summed E-state index contributed by atoms with van der Waals surface area (Å²) in [5.74, 6) is 1.83. The van der Waals surface area contributed by atoms with Crippen molar-refractivity contribution in [3.63, 3.8) is 0 Å². The van der Waals surface area contributed by atoms with Crippen molar-refractivity contribution in [2.45, 2.75) is 63.0 Å². The highest BCUT2D eigenvalue weighted by molar-refractivity contribution is 8.00. The van der Waals surface area contributed by atoms with E-state index in [1.54, 1.807) is 6.26 Å². The number of rotatable bonds is 7. The molecular weight excluding hydrogens is 396 g/mol. The lowest BCUT2D eigenvalue weighted by atomic mass is 9.88. The molecule has 1 aromatic carbocycles. The van der Waals surface area contributed by atoms with Crippen LogP contribution < -0.4 is 5.32 Å². The summed E-state index contributed by atoms with van der Waals surface area (Å²) in [5.41, 5.74) is 2.59. The first-order valence-electron chi connectivity index (χ1n) is 10.5. The van der Waals surface area contributed by atoms with Crippen LogP contribution in [0.1, 0.15) is 50.8 Å². The van der Waals surface area contributed by atoms with E-state index in [-0.39, 0.29) is 17.2 Å². The lowest BCUT2D eigenvalue weighted by molar-refractivity contribution is -0.121. The number of aromatic nitrogens is 3. The minimum absolute atomic E-state index is 0.0281. The second-order valence-electron chi connectivity index (χ2n) is 8.20. The largest absolute Gasteiger partial charge is 0.461 e. The van der Waals surface area contributed by atoms with Crippen molar-refractivity contribution in [2.24, 2.45) is 5.92 Å². The van der Waals surface area contributed by atoms with E-state index in [1.807, 2.05) is 29.7 Å². The third kappa shape index (κ3) is 4.46. The molecule has 0 saturated carbocycles. The number of hydrogen-bond acceptors (Lipinski definition) is 5. The minimum Gasteiger partial charge on any atom is -0.461 e. The quantitative estimate of drug-likeness (QED) is 0.548. The fourth-order valence-corrected chi connectivity index (χ4v) is 4.77. The molecule has 0 aliphatic heterocycles. The van der Waals surface area contributed by atoms with Crippen molar-refractivity contribution >= 4 is 17.7 Å². The molecule has 2 heterocycles. The maximum atomic E-state index is 13.0. The molecule has 2 unspecified atom stereocenters. The van der Waals surface area contributed by atoms with Crippen LogP contribution in [0.25, 0.3) is 11.6 Å². The van der Waals surface area contributed by atoms with Crippen LogP contribution in [-0.2, 0) is 17.8 Å². The SMILES string of the molecule is CC(C)Cn1c(SC(C)C(=O)NC2CCCc3ccccc32)nnc1-c1ccco1. The fourth-order valence-electron chi connectivity index (χ4n) is 3.90. The minimum atomic E-state index is -0.279. The van der Waals surface area contributed by atoms with E-state index in [2.05, 4.69) is 47.6 Å². The van der Waals surface area contributed by atoms with Gasteiger partial charge >= 0.3 is 0 Å². The van der Waals surface area contributed by atoms with Gasteiger partial charge in [0.15, 0.2) is 16.7 Å². The van der Waals surface area contributed by atoms with Crippen LogP contribution in [0.5, 0.6) is 0 Å². The highest BCUT2D eigenvalue weighted by atomic mass is 32.2. The summed E-state index contributed by atoms with van der Waals surface area (Å²) in [7, 11) is 0. The Morgan fingerprint density at radius 2 is 2.07 bits per heavy atom. The number of nitrogens with zero attached hydrogens (tertiary/aromatic N) is 3. The summed E-state index contributed by atoms with van der Waals surface area (Å²) < 4.78 is 7.58. The maximum absolute atomic E-state index is 13.0. The monoisotopic (exact) mass is 424 g/mol. The summed E-state index contributed by atoms with van der Waals surface area (Å²) in [4.78, 5) is 13.0. The number of thioether (sulfide) groups is 1. The van der Waals surface area contributed by atoms with Gasteiger partial charge in [-0.2, -0.15) is 0 Å². The van der Waals surface area contributed by atoms with Crippen LogP contribution >= 0.6 is 11.8 Å². The molecule has 1 aliphatic rings. The van der Waals surface area contributed by atoms with Crippen molar-refractivity contribution in [2.75, 3.05) is 0 Å². The van der Waals surface area contributed by atoms with E-state index >= 15 is 0 Å². The Bertz CT molecular complexity index is 997. The summed E-state index contributed by atoms with van der Waals surface area (Å²) >= 11 is 1.44. The summed E-state index contributed by atoms with van der Waals surface area (Å²) in [6, 6.07) is 12.2. The predicted molar refractivity (Wildman–Crippen MR) is 118 cm³/mol. The highest BCUT2D eigenvalue weighted by Gasteiger charge is 2.26. The highest BCUT2D eigenvalue weighted by Crippen LogP contribution is 2.31. The molecule has 1 aliphatic carbocycles. The van der Waals surface area contributed by atoms with Crippen molar-refractivity contribution < 1.29 is 9.21 Å². The van der Waals surface area contributed by atoms with Gasteiger partial charge in [0.25, 0.3) is 0 Å². The summed E-state index contributed by atoms with van der Waals surface area (Å²) in [5, 5.41) is 12.4. The van der Waals surface area contributed by atoms with E-state index < -0.39 is 0 Å². The van der Waals surface area contributed by atoms with E-state index in [4.69, 9.17) is 4.42 Å². The molecule has 0 bridgehead atoms. The first-order valence-corrected chi connectivity index (χ1v) is 11.4. The average Bonchev–Trinajstić information content (AvgIpc) is 3.38. The number of nitrogens with one attached hydrogen (secondary N) is 1. The Hall–Kier alpha value is -2.54. The van der Waals surface area contributed by atoms with E-state index in [9.17, 15) is 4.79 Å². The van der Waals surface area contributed by atoms with Crippen molar-refractivity contribution in [1.29, 1.82) is 0 Å². The lowest BCUT2D eigenvalue weighted by Gasteiger charge is -2.27. The molecule has 0 radical (unpaired) electrons. The Kier molecular flexibility index (Phi) is 6.27. The molecule has 158 valence electrons. The van der Waals surface area contributed by atoms with Crippen molar-refractivity contribution in [3.05, 3.63) is 53.8 Å². The Morgan fingerprint density at radius 3 is 2.83 bits per heavy atom. The zero-order valence-electron chi connectivity index (χ0n) is 17.7. The van der Waals surface area contributed by atoms with Gasteiger partial charge in [-0.3, -0.25) is 9.36 Å². The Balaban J connectivity index is 1.49. The first-order chi connectivity index (χ1) is 14.5. The van der Waals surface area contributed by atoms with Gasteiger partial charge in [-0.05, 0) is 55.4 Å². The molecule has 3 aromatic rings. The molecule has 1 N–H and O–H groups in total. The molecule has 30 heavy (non-hydrogen) atoms. The third-order valence-electron chi connectivity index (χ3n) is 5.34. The van der Waals surface area contributed by atoms with Crippen LogP contribution in [-0.4, -0.2) is 25.9 Å². The fraction of sp³-hybridized carbons (Fsp3) is 0.435. The molecular formula is C23H28N4O2S. The normalized spacial score (nSPS) is 17.0.